The molecule has 0 aromatic carbocycles. The molecule has 0 heterocycles. The molecule has 0 nitrogen and oxygen atoms in total. The van der Waals surface area contributed by atoms with Crippen LogP contribution in [0.4, 0.5) is 39.5 Å². The van der Waals surface area contributed by atoms with E-state index in [1.807, 2.05) is 0 Å². The maximum Gasteiger partial charge on any atom is 0.438 e. The van der Waals surface area contributed by atoms with E-state index in [0.717, 1.165) is 0 Å². The minimum Gasteiger partial charge on any atom is -0.215 e. The van der Waals surface area contributed by atoms with Gasteiger partial charge in [0.1, 0.15) is 5.83 Å². The van der Waals surface area contributed by atoms with Crippen molar-refractivity contribution in [2.24, 2.45) is 0 Å². The molecular formula is C6H3F9. The highest BCUT2D eigenvalue weighted by Crippen LogP contribution is 2.51. The Balaban J connectivity index is 5.77. The zero-order valence-corrected chi connectivity index (χ0v) is 6.90. The van der Waals surface area contributed by atoms with E-state index in [4.69, 9.17) is 0 Å². The molecule has 0 fully saturated rings. The lowest BCUT2D eigenvalue weighted by Gasteiger charge is -2.28. The van der Waals surface area contributed by atoms with E-state index in [9.17, 15) is 39.5 Å². The lowest BCUT2D eigenvalue weighted by atomic mass is 10.0. The molecule has 15 heavy (non-hydrogen) atoms. The first-order valence-electron chi connectivity index (χ1n) is 3.20. The van der Waals surface area contributed by atoms with Crippen molar-refractivity contribution >= 4 is 0 Å². The van der Waals surface area contributed by atoms with Crippen LogP contribution >= 0.6 is 0 Å². The first-order chi connectivity index (χ1) is 6.35. The maximum atomic E-state index is 12.5. The Hall–Kier alpha value is -0.890. The molecule has 0 spiro atoms. The number of allylic oxidation sites excluding steroid dienone is 2. The number of halogens is 9. The summed E-state index contributed by atoms with van der Waals surface area (Å²) in [6.07, 6.45) is -13.2. The molecule has 0 unspecified atom stereocenters. The molecule has 0 aliphatic carbocycles. The van der Waals surface area contributed by atoms with Gasteiger partial charge in [-0.15, -0.1) is 0 Å². The van der Waals surface area contributed by atoms with Gasteiger partial charge < -0.3 is 0 Å². The topological polar surface area (TPSA) is 0 Å². The molecule has 0 amide bonds. The van der Waals surface area contributed by atoms with Gasteiger partial charge in [-0.3, -0.25) is 0 Å². The molecular weight excluding hydrogens is 243 g/mol. The molecule has 0 aromatic rings. The highest BCUT2D eigenvalue weighted by atomic mass is 19.4. The lowest BCUT2D eigenvalue weighted by molar-refractivity contribution is -0.331. The van der Waals surface area contributed by atoms with E-state index in [2.05, 4.69) is 0 Å². The smallest absolute Gasteiger partial charge is 0.215 e. The van der Waals surface area contributed by atoms with Crippen molar-refractivity contribution in [1.29, 1.82) is 0 Å². The van der Waals surface area contributed by atoms with Gasteiger partial charge in [0.2, 0.25) is 0 Å². The monoisotopic (exact) mass is 246 g/mol. The molecule has 0 radical (unpaired) electrons. The highest BCUT2D eigenvalue weighted by molar-refractivity contribution is 5.19. The van der Waals surface area contributed by atoms with Crippen molar-refractivity contribution in [3.05, 3.63) is 11.7 Å². The summed E-state index contributed by atoms with van der Waals surface area (Å²) >= 11 is 0. The van der Waals surface area contributed by atoms with Crippen molar-refractivity contribution in [1.82, 2.24) is 0 Å². The summed E-state index contributed by atoms with van der Waals surface area (Å²) in [5, 5.41) is 0. The van der Waals surface area contributed by atoms with Crippen LogP contribution in [0.25, 0.3) is 0 Å². The number of rotatable bonds is 1. The van der Waals surface area contributed by atoms with Crippen molar-refractivity contribution in [2.45, 2.75) is 24.9 Å². The summed E-state index contributed by atoms with van der Waals surface area (Å²) in [5.41, 5.74) is -6.31. The quantitative estimate of drug-likeness (QED) is 0.613. The predicted octanol–water partition coefficient (Wildman–Crippen LogP) is 3.99. The van der Waals surface area contributed by atoms with Crippen LogP contribution in [0.5, 0.6) is 0 Å². The van der Waals surface area contributed by atoms with E-state index < -0.39 is 29.7 Å². The Labute approximate surface area is 77.4 Å². The third kappa shape index (κ3) is 2.20. The summed E-state index contributed by atoms with van der Waals surface area (Å²) in [6, 6.07) is 0. The second-order valence-corrected chi connectivity index (χ2v) is 2.50. The van der Waals surface area contributed by atoms with Gasteiger partial charge in [0.15, 0.2) is 5.83 Å². The molecule has 0 aliphatic rings. The number of alkyl halides is 7. The molecule has 0 aliphatic heterocycles. The Kier molecular flexibility index (Phi) is 3.39. The largest absolute Gasteiger partial charge is 0.438 e. The number of hydrogen-bond acceptors (Lipinski definition) is 0. The minimum absolute atomic E-state index is 0.0544. The molecule has 0 N–H and O–H groups in total. The fourth-order valence-electron chi connectivity index (χ4n) is 0.647. The molecule has 0 saturated carbocycles. The Morgan fingerprint density at radius 1 is 0.733 bits per heavy atom. The third-order valence-corrected chi connectivity index (χ3v) is 1.39. The standard InChI is InChI=1S/C6H3F9/c1-2(7)3(8)4(9,5(10,11)12)6(13,14)15/h1H3. The van der Waals surface area contributed by atoms with Crippen LogP contribution in [-0.2, 0) is 0 Å². The molecule has 0 atom stereocenters. The van der Waals surface area contributed by atoms with Crippen LogP contribution in [0.2, 0.25) is 0 Å². The van der Waals surface area contributed by atoms with Crippen molar-refractivity contribution in [3.8, 4) is 0 Å². The average Bonchev–Trinajstić information content (AvgIpc) is 1.96. The highest BCUT2D eigenvalue weighted by Gasteiger charge is 2.76. The van der Waals surface area contributed by atoms with Gasteiger partial charge in [0, 0.05) is 0 Å². The minimum atomic E-state index is -6.62. The van der Waals surface area contributed by atoms with Gasteiger partial charge >= 0.3 is 18.0 Å². The van der Waals surface area contributed by atoms with Gasteiger partial charge in [-0.1, -0.05) is 0 Å². The molecule has 0 saturated heterocycles. The van der Waals surface area contributed by atoms with Gasteiger partial charge in [0.25, 0.3) is 0 Å². The van der Waals surface area contributed by atoms with E-state index in [1.54, 1.807) is 0 Å². The van der Waals surface area contributed by atoms with Crippen molar-refractivity contribution in [3.63, 3.8) is 0 Å². The first-order valence-corrected chi connectivity index (χ1v) is 3.20. The summed E-state index contributed by atoms with van der Waals surface area (Å²) in [6.45, 7) is -0.0544. The fraction of sp³-hybridized carbons (Fsp3) is 0.667. The summed E-state index contributed by atoms with van der Waals surface area (Å²) < 4.78 is 107. The van der Waals surface area contributed by atoms with E-state index in [-0.39, 0.29) is 6.92 Å². The Bertz CT molecular complexity index is 249. The maximum absolute atomic E-state index is 12.5. The van der Waals surface area contributed by atoms with Gasteiger partial charge in [-0.2, -0.15) is 26.3 Å². The number of hydrogen-bond donors (Lipinski definition) is 0. The zero-order valence-electron chi connectivity index (χ0n) is 6.90. The van der Waals surface area contributed by atoms with Gasteiger partial charge in [-0.05, 0) is 6.92 Å². The third-order valence-electron chi connectivity index (χ3n) is 1.39. The first kappa shape index (κ1) is 14.1. The SMILES string of the molecule is CC(F)=C(F)C(F)(C(F)(F)F)C(F)(F)F. The molecule has 0 aromatic heterocycles. The van der Waals surface area contributed by atoms with E-state index in [1.165, 1.54) is 0 Å². The van der Waals surface area contributed by atoms with Gasteiger partial charge in [-0.25, -0.2) is 13.2 Å². The average molecular weight is 246 g/mol. The normalized spacial score (nSPS) is 16.4. The van der Waals surface area contributed by atoms with E-state index >= 15 is 0 Å². The van der Waals surface area contributed by atoms with E-state index in [0.29, 0.717) is 0 Å². The van der Waals surface area contributed by atoms with Crippen LogP contribution < -0.4 is 0 Å². The summed E-state index contributed by atoms with van der Waals surface area (Å²) in [4.78, 5) is 0. The Morgan fingerprint density at radius 2 is 1.00 bits per heavy atom. The van der Waals surface area contributed by atoms with Crippen molar-refractivity contribution < 1.29 is 39.5 Å². The van der Waals surface area contributed by atoms with Gasteiger partial charge in [0.05, 0.1) is 0 Å². The zero-order chi connectivity index (χ0) is 12.7. The second kappa shape index (κ2) is 3.60. The predicted molar refractivity (Wildman–Crippen MR) is 30.9 cm³/mol. The fourth-order valence-corrected chi connectivity index (χ4v) is 0.647. The second-order valence-electron chi connectivity index (χ2n) is 2.50. The van der Waals surface area contributed by atoms with Crippen LogP contribution in [-0.4, -0.2) is 18.0 Å². The van der Waals surface area contributed by atoms with Crippen LogP contribution in [0.15, 0.2) is 11.7 Å². The lowest BCUT2D eigenvalue weighted by Crippen LogP contribution is -2.54. The van der Waals surface area contributed by atoms with Crippen LogP contribution in [0, 0.1) is 0 Å². The van der Waals surface area contributed by atoms with Crippen LogP contribution in [0.3, 0.4) is 0 Å². The molecule has 90 valence electrons. The molecule has 9 heteroatoms. The van der Waals surface area contributed by atoms with Crippen LogP contribution in [0.1, 0.15) is 6.92 Å². The Morgan fingerprint density at radius 3 is 1.07 bits per heavy atom. The summed E-state index contributed by atoms with van der Waals surface area (Å²) in [5.74, 6) is -6.06. The van der Waals surface area contributed by atoms with Crippen molar-refractivity contribution in [2.75, 3.05) is 0 Å². The summed E-state index contributed by atoms with van der Waals surface area (Å²) in [7, 11) is 0. The molecule has 0 rings (SSSR count). The molecule has 0 bridgehead atoms.